The average Bonchev–Trinajstić information content (AvgIpc) is 3.14. The Bertz CT molecular complexity index is 774. The van der Waals surface area contributed by atoms with E-state index in [2.05, 4.69) is 15.1 Å². The number of hydrogen-bond acceptors (Lipinski definition) is 4. The minimum atomic E-state index is 0.136. The fourth-order valence-corrected chi connectivity index (χ4v) is 3.94. The summed E-state index contributed by atoms with van der Waals surface area (Å²) in [5.74, 6) is 1.41. The van der Waals surface area contributed by atoms with Gasteiger partial charge in [-0.15, -0.1) is 0 Å². The van der Waals surface area contributed by atoms with Crippen LogP contribution in [0.3, 0.4) is 0 Å². The van der Waals surface area contributed by atoms with Gasteiger partial charge in [0.15, 0.2) is 0 Å². The van der Waals surface area contributed by atoms with Crippen LogP contribution in [-0.4, -0.2) is 43.6 Å². The number of carbonyl (C=O) groups is 1. The molecule has 1 amide bonds. The van der Waals surface area contributed by atoms with E-state index in [0.29, 0.717) is 5.92 Å². The van der Waals surface area contributed by atoms with E-state index in [0.717, 1.165) is 68.1 Å². The van der Waals surface area contributed by atoms with Crippen molar-refractivity contribution < 1.29 is 4.79 Å². The van der Waals surface area contributed by atoms with Gasteiger partial charge >= 0.3 is 0 Å². The standard InChI is InChI=1S/C18H23N5O/c1-12-6-9-19-17(20-12)13-7-10-23(11-8-13)18(24)16-14-4-3-5-15(14)21-22(16)2/h6,9,13H,3-5,7-8,10-11H2,1-2H3. The van der Waals surface area contributed by atoms with E-state index in [-0.39, 0.29) is 5.91 Å². The summed E-state index contributed by atoms with van der Waals surface area (Å²) in [6.45, 7) is 3.52. The normalized spacial score (nSPS) is 18.0. The van der Waals surface area contributed by atoms with Crippen LogP contribution in [0.15, 0.2) is 12.3 Å². The summed E-state index contributed by atoms with van der Waals surface area (Å²) in [4.78, 5) is 23.9. The lowest BCUT2D eigenvalue weighted by Crippen LogP contribution is -2.39. The Morgan fingerprint density at radius 2 is 2.04 bits per heavy atom. The van der Waals surface area contributed by atoms with Crippen molar-refractivity contribution in [3.63, 3.8) is 0 Å². The maximum absolute atomic E-state index is 13.0. The van der Waals surface area contributed by atoms with Crippen LogP contribution < -0.4 is 0 Å². The molecule has 6 heteroatoms. The molecule has 0 unspecified atom stereocenters. The van der Waals surface area contributed by atoms with Crippen molar-refractivity contribution in [3.05, 3.63) is 40.7 Å². The molecule has 2 aromatic rings. The zero-order valence-electron chi connectivity index (χ0n) is 14.3. The molecule has 0 spiro atoms. The van der Waals surface area contributed by atoms with Crippen molar-refractivity contribution in [1.82, 2.24) is 24.6 Å². The van der Waals surface area contributed by atoms with Crippen LogP contribution in [-0.2, 0) is 19.9 Å². The van der Waals surface area contributed by atoms with Gasteiger partial charge in [-0.1, -0.05) is 0 Å². The largest absolute Gasteiger partial charge is 0.337 e. The molecule has 2 aromatic heterocycles. The zero-order valence-corrected chi connectivity index (χ0v) is 14.3. The van der Waals surface area contributed by atoms with E-state index >= 15 is 0 Å². The molecule has 0 saturated carbocycles. The second-order valence-electron chi connectivity index (χ2n) is 6.87. The first-order valence-electron chi connectivity index (χ1n) is 8.77. The van der Waals surface area contributed by atoms with E-state index in [1.165, 1.54) is 5.56 Å². The van der Waals surface area contributed by atoms with Crippen LogP contribution in [0, 0.1) is 6.92 Å². The summed E-state index contributed by atoms with van der Waals surface area (Å²) in [6, 6.07) is 1.92. The van der Waals surface area contributed by atoms with Crippen LogP contribution in [0.25, 0.3) is 0 Å². The number of amides is 1. The first-order chi connectivity index (χ1) is 11.6. The van der Waals surface area contributed by atoms with Crippen molar-refractivity contribution in [3.8, 4) is 0 Å². The first kappa shape index (κ1) is 15.3. The number of likely N-dealkylation sites (tertiary alicyclic amines) is 1. The highest BCUT2D eigenvalue weighted by molar-refractivity contribution is 5.94. The van der Waals surface area contributed by atoms with Crippen LogP contribution >= 0.6 is 0 Å². The topological polar surface area (TPSA) is 63.9 Å². The summed E-state index contributed by atoms with van der Waals surface area (Å²) >= 11 is 0. The van der Waals surface area contributed by atoms with Crippen LogP contribution in [0.1, 0.15) is 58.4 Å². The quantitative estimate of drug-likeness (QED) is 0.847. The number of rotatable bonds is 2. The van der Waals surface area contributed by atoms with Gasteiger partial charge in [0.05, 0.1) is 5.69 Å². The molecule has 2 aliphatic rings. The van der Waals surface area contributed by atoms with Crippen molar-refractivity contribution in [1.29, 1.82) is 0 Å². The van der Waals surface area contributed by atoms with E-state index in [9.17, 15) is 4.79 Å². The molecular weight excluding hydrogens is 302 g/mol. The highest BCUT2D eigenvalue weighted by Crippen LogP contribution is 2.29. The molecule has 3 heterocycles. The highest BCUT2D eigenvalue weighted by atomic mass is 16.2. The summed E-state index contributed by atoms with van der Waals surface area (Å²) < 4.78 is 1.78. The van der Waals surface area contributed by atoms with Crippen molar-refractivity contribution in [2.24, 2.45) is 7.05 Å². The molecule has 0 N–H and O–H groups in total. The fraction of sp³-hybridized carbons (Fsp3) is 0.556. The van der Waals surface area contributed by atoms with Gasteiger partial charge in [0.1, 0.15) is 11.5 Å². The van der Waals surface area contributed by atoms with Gasteiger partial charge in [-0.05, 0) is 45.1 Å². The molecule has 126 valence electrons. The smallest absolute Gasteiger partial charge is 0.272 e. The second kappa shape index (κ2) is 6.00. The SMILES string of the molecule is Cc1ccnc(C2CCN(C(=O)c3c4c(nn3C)CCC4)CC2)n1. The van der Waals surface area contributed by atoms with Crippen LogP contribution in [0.4, 0.5) is 0 Å². The number of piperidine rings is 1. The average molecular weight is 325 g/mol. The van der Waals surface area contributed by atoms with E-state index in [4.69, 9.17) is 0 Å². The van der Waals surface area contributed by atoms with E-state index in [1.807, 2.05) is 31.1 Å². The van der Waals surface area contributed by atoms with Gasteiger partial charge in [0.25, 0.3) is 5.91 Å². The third kappa shape index (κ3) is 2.60. The molecule has 1 saturated heterocycles. The minimum Gasteiger partial charge on any atom is -0.337 e. The second-order valence-corrected chi connectivity index (χ2v) is 6.87. The van der Waals surface area contributed by atoms with E-state index < -0.39 is 0 Å². The Hall–Kier alpha value is -2.24. The summed E-state index contributed by atoms with van der Waals surface area (Å²) in [6.07, 6.45) is 6.78. The van der Waals surface area contributed by atoms with Crippen molar-refractivity contribution in [2.45, 2.75) is 44.9 Å². The molecule has 0 radical (unpaired) electrons. The molecular formula is C18H23N5O. The number of aromatic nitrogens is 4. The predicted octanol–water partition coefficient (Wildman–Crippen LogP) is 2.03. The Kier molecular flexibility index (Phi) is 3.82. The van der Waals surface area contributed by atoms with Crippen LogP contribution in [0.2, 0.25) is 0 Å². The lowest BCUT2D eigenvalue weighted by molar-refractivity contribution is 0.0698. The number of nitrogens with zero attached hydrogens (tertiary/aromatic N) is 5. The number of fused-ring (bicyclic) bond motifs is 1. The summed E-state index contributed by atoms with van der Waals surface area (Å²) in [7, 11) is 1.89. The van der Waals surface area contributed by atoms with Gasteiger partial charge in [-0.2, -0.15) is 5.10 Å². The Morgan fingerprint density at radius 1 is 1.25 bits per heavy atom. The monoisotopic (exact) mass is 325 g/mol. The summed E-state index contributed by atoms with van der Waals surface area (Å²) in [5, 5.41) is 4.53. The van der Waals surface area contributed by atoms with Gasteiger partial charge in [0, 0.05) is 43.5 Å². The third-order valence-electron chi connectivity index (χ3n) is 5.23. The van der Waals surface area contributed by atoms with Crippen LogP contribution in [0.5, 0.6) is 0 Å². The fourth-order valence-electron chi connectivity index (χ4n) is 3.94. The Morgan fingerprint density at radius 3 is 2.79 bits per heavy atom. The first-order valence-corrected chi connectivity index (χ1v) is 8.77. The molecule has 0 bridgehead atoms. The predicted molar refractivity (Wildman–Crippen MR) is 89.9 cm³/mol. The molecule has 1 fully saturated rings. The summed E-state index contributed by atoms with van der Waals surface area (Å²) in [5.41, 5.74) is 4.09. The number of hydrogen-bond donors (Lipinski definition) is 0. The van der Waals surface area contributed by atoms with E-state index in [1.54, 1.807) is 4.68 Å². The van der Waals surface area contributed by atoms with Gasteiger partial charge in [0.2, 0.25) is 0 Å². The number of carbonyl (C=O) groups excluding carboxylic acids is 1. The molecule has 6 nitrogen and oxygen atoms in total. The van der Waals surface area contributed by atoms with Crippen molar-refractivity contribution in [2.75, 3.05) is 13.1 Å². The van der Waals surface area contributed by atoms with Gasteiger partial charge in [-0.3, -0.25) is 9.48 Å². The molecule has 24 heavy (non-hydrogen) atoms. The maximum atomic E-state index is 13.0. The third-order valence-corrected chi connectivity index (χ3v) is 5.23. The Balaban J connectivity index is 1.47. The van der Waals surface area contributed by atoms with Gasteiger partial charge < -0.3 is 4.90 Å². The lowest BCUT2D eigenvalue weighted by Gasteiger charge is -2.31. The minimum absolute atomic E-state index is 0.136. The molecule has 0 atom stereocenters. The molecule has 0 aromatic carbocycles. The molecule has 1 aliphatic heterocycles. The maximum Gasteiger partial charge on any atom is 0.272 e. The Labute approximate surface area is 141 Å². The molecule has 1 aliphatic carbocycles. The molecule has 4 rings (SSSR count). The van der Waals surface area contributed by atoms with Crippen molar-refractivity contribution >= 4 is 5.91 Å². The van der Waals surface area contributed by atoms with Gasteiger partial charge in [-0.25, -0.2) is 9.97 Å². The lowest BCUT2D eigenvalue weighted by atomic mass is 9.95. The highest BCUT2D eigenvalue weighted by Gasteiger charge is 2.31. The zero-order chi connectivity index (χ0) is 16.7. The number of aryl methyl sites for hydroxylation is 3.